The average molecular weight is 293 g/mol. The molecule has 0 aliphatic heterocycles. The van der Waals surface area contributed by atoms with E-state index in [0.717, 1.165) is 12.3 Å². The highest BCUT2D eigenvalue weighted by molar-refractivity contribution is 5.30. The molecule has 120 valence electrons. The number of ether oxygens (including phenoxy) is 1. The number of nitrogens with zero attached hydrogens (tertiary/aromatic N) is 2. The van der Waals surface area contributed by atoms with E-state index in [1.807, 2.05) is 17.9 Å². The lowest BCUT2D eigenvalue weighted by Crippen LogP contribution is -2.39. The topological polar surface area (TPSA) is 39.1 Å². The molecule has 1 aliphatic carbocycles. The Morgan fingerprint density at radius 3 is 2.57 bits per heavy atom. The van der Waals surface area contributed by atoms with Gasteiger partial charge in [-0.3, -0.25) is 4.68 Å². The monoisotopic (exact) mass is 293 g/mol. The smallest absolute Gasteiger partial charge is 0.161 e. The fourth-order valence-corrected chi connectivity index (χ4v) is 4.22. The van der Waals surface area contributed by atoms with Gasteiger partial charge in [-0.05, 0) is 37.1 Å². The Morgan fingerprint density at radius 2 is 2.05 bits per heavy atom. The summed E-state index contributed by atoms with van der Waals surface area (Å²) in [6.07, 6.45) is 8.40. The van der Waals surface area contributed by atoms with E-state index >= 15 is 0 Å². The molecule has 4 heteroatoms. The highest BCUT2D eigenvalue weighted by Crippen LogP contribution is 2.52. The molecular formula is C17H31N3O. The molecular weight excluding hydrogens is 262 g/mol. The third kappa shape index (κ3) is 3.25. The van der Waals surface area contributed by atoms with Gasteiger partial charge in [-0.1, -0.05) is 33.6 Å². The second-order valence-corrected chi connectivity index (χ2v) is 6.88. The van der Waals surface area contributed by atoms with Gasteiger partial charge in [-0.15, -0.1) is 0 Å². The highest BCUT2D eigenvalue weighted by atomic mass is 16.5. The predicted octanol–water partition coefficient (Wildman–Crippen LogP) is 3.69. The molecule has 4 nitrogen and oxygen atoms in total. The van der Waals surface area contributed by atoms with Crippen LogP contribution in [-0.4, -0.2) is 23.4 Å². The van der Waals surface area contributed by atoms with Crippen molar-refractivity contribution in [3.05, 3.63) is 11.9 Å². The van der Waals surface area contributed by atoms with Crippen LogP contribution in [0, 0.1) is 11.3 Å². The van der Waals surface area contributed by atoms with Crippen LogP contribution in [0.25, 0.3) is 0 Å². The molecule has 0 amide bonds. The third-order valence-corrected chi connectivity index (χ3v) is 4.88. The normalized spacial score (nSPS) is 19.1. The van der Waals surface area contributed by atoms with Gasteiger partial charge >= 0.3 is 0 Å². The molecule has 0 radical (unpaired) electrons. The fraction of sp³-hybridized carbons (Fsp3) is 0.824. The van der Waals surface area contributed by atoms with E-state index in [-0.39, 0.29) is 0 Å². The minimum atomic E-state index is 0.329. The summed E-state index contributed by atoms with van der Waals surface area (Å²) < 4.78 is 7.57. The molecule has 1 heterocycles. The number of aryl methyl sites for hydroxylation is 1. The predicted molar refractivity (Wildman–Crippen MR) is 86.5 cm³/mol. The Kier molecular flexibility index (Phi) is 5.31. The summed E-state index contributed by atoms with van der Waals surface area (Å²) in [5.74, 6) is 1.63. The first-order valence-corrected chi connectivity index (χ1v) is 8.33. The molecule has 1 saturated carbocycles. The zero-order valence-corrected chi connectivity index (χ0v) is 14.3. The van der Waals surface area contributed by atoms with Crippen molar-refractivity contribution < 1.29 is 4.74 Å². The first-order valence-electron chi connectivity index (χ1n) is 8.33. The van der Waals surface area contributed by atoms with Gasteiger partial charge in [0.05, 0.1) is 25.0 Å². The lowest BCUT2D eigenvalue weighted by molar-refractivity contribution is 0.148. The number of hydrogen-bond donors (Lipinski definition) is 1. The van der Waals surface area contributed by atoms with Crippen molar-refractivity contribution in [2.24, 2.45) is 18.4 Å². The van der Waals surface area contributed by atoms with E-state index in [2.05, 4.69) is 31.2 Å². The molecule has 0 aromatic carbocycles. The lowest BCUT2D eigenvalue weighted by Gasteiger charge is -2.40. The zero-order chi connectivity index (χ0) is 15.5. The molecule has 1 N–H and O–H groups in total. The molecule has 1 aromatic heterocycles. The molecule has 21 heavy (non-hydrogen) atoms. The summed E-state index contributed by atoms with van der Waals surface area (Å²) >= 11 is 0. The number of aromatic nitrogens is 2. The van der Waals surface area contributed by atoms with E-state index in [0.29, 0.717) is 17.4 Å². The summed E-state index contributed by atoms with van der Waals surface area (Å²) in [6, 6.07) is 0.329. The van der Waals surface area contributed by atoms with E-state index in [4.69, 9.17) is 4.74 Å². The van der Waals surface area contributed by atoms with E-state index in [1.54, 1.807) is 7.11 Å². The van der Waals surface area contributed by atoms with Crippen molar-refractivity contribution >= 4 is 0 Å². The minimum Gasteiger partial charge on any atom is -0.493 e. The number of methoxy groups -OCH3 is 1. The van der Waals surface area contributed by atoms with Crippen LogP contribution in [0.4, 0.5) is 0 Å². The molecule has 1 aliphatic rings. The van der Waals surface area contributed by atoms with Gasteiger partial charge in [0.15, 0.2) is 5.75 Å². The van der Waals surface area contributed by atoms with Crippen LogP contribution in [0.3, 0.4) is 0 Å². The Hall–Kier alpha value is -1.03. The van der Waals surface area contributed by atoms with Crippen molar-refractivity contribution in [1.29, 1.82) is 0 Å². The van der Waals surface area contributed by atoms with E-state index in [1.165, 1.54) is 37.8 Å². The van der Waals surface area contributed by atoms with Gasteiger partial charge in [-0.25, -0.2) is 0 Å². The molecule has 0 saturated heterocycles. The zero-order valence-electron chi connectivity index (χ0n) is 14.3. The summed E-state index contributed by atoms with van der Waals surface area (Å²) in [5.41, 5.74) is 1.55. The van der Waals surface area contributed by atoms with Crippen molar-refractivity contribution in [3.63, 3.8) is 0 Å². The quantitative estimate of drug-likeness (QED) is 0.833. The molecule has 1 fully saturated rings. The average Bonchev–Trinajstić information content (AvgIpc) is 3.03. The summed E-state index contributed by atoms with van der Waals surface area (Å²) in [7, 11) is 3.77. The van der Waals surface area contributed by atoms with Crippen LogP contribution >= 0.6 is 0 Å². The third-order valence-electron chi connectivity index (χ3n) is 4.88. The molecule has 0 bridgehead atoms. The first-order chi connectivity index (χ1) is 10.0. The van der Waals surface area contributed by atoms with Crippen molar-refractivity contribution in [2.45, 2.75) is 58.9 Å². The van der Waals surface area contributed by atoms with Gasteiger partial charge < -0.3 is 10.1 Å². The van der Waals surface area contributed by atoms with Crippen LogP contribution in [0.5, 0.6) is 5.75 Å². The molecule has 1 aromatic rings. The summed E-state index contributed by atoms with van der Waals surface area (Å²) in [5, 5.41) is 8.17. The number of hydrogen-bond acceptors (Lipinski definition) is 3. The van der Waals surface area contributed by atoms with Crippen LogP contribution < -0.4 is 10.1 Å². The van der Waals surface area contributed by atoms with Crippen molar-refractivity contribution in [1.82, 2.24) is 15.1 Å². The Morgan fingerprint density at radius 1 is 1.38 bits per heavy atom. The van der Waals surface area contributed by atoms with Crippen LogP contribution in [0.2, 0.25) is 0 Å². The number of nitrogens with one attached hydrogen (secondary N) is 1. The molecule has 0 spiro atoms. The molecule has 2 rings (SSSR count). The fourth-order valence-electron chi connectivity index (χ4n) is 4.22. The largest absolute Gasteiger partial charge is 0.493 e. The Labute approximate surface area is 129 Å². The van der Waals surface area contributed by atoms with E-state index < -0.39 is 0 Å². The maximum Gasteiger partial charge on any atom is 0.161 e. The van der Waals surface area contributed by atoms with Crippen LogP contribution in [-0.2, 0) is 7.05 Å². The maximum atomic E-state index is 5.58. The summed E-state index contributed by atoms with van der Waals surface area (Å²) in [4.78, 5) is 0. The van der Waals surface area contributed by atoms with Crippen LogP contribution in [0.15, 0.2) is 6.20 Å². The van der Waals surface area contributed by atoms with Crippen molar-refractivity contribution in [3.8, 4) is 5.75 Å². The van der Waals surface area contributed by atoms with Gasteiger partial charge in [0.25, 0.3) is 0 Å². The molecule has 1 unspecified atom stereocenters. The van der Waals surface area contributed by atoms with Gasteiger partial charge in [-0.2, -0.15) is 5.10 Å². The van der Waals surface area contributed by atoms with Gasteiger partial charge in [0.1, 0.15) is 0 Å². The SMILES string of the molecule is CCNC(c1c(OC)cnn1C)C1(CC(C)C)CCCC1. The second-order valence-electron chi connectivity index (χ2n) is 6.88. The first kappa shape index (κ1) is 16.3. The Bertz CT molecular complexity index is 447. The van der Waals surface area contributed by atoms with Crippen LogP contribution in [0.1, 0.15) is 64.6 Å². The second kappa shape index (κ2) is 6.82. The highest BCUT2D eigenvalue weighted by Gasteiger charge is 2.44. The summed E-state index contributed by atoms with van der Waals surface area (Å²) in [6.45, 7) is 7.83. The maximum absolute atomic E-state index is 5.58. The van der Waals surface area contributed by atoms with Gasteiger partial charge in [0.2, 0.25) is 0 Å². The van der Waals surface area contributed by atoms with Crippen molar-refractivity contribution in [2.75, 3.05) is 13.7 Å². The van der Waals surface area contributed by atoms with Gasteiger partial charge in [0, 0.05) is 7.05 Å². The molecule has 1 atom stereocenters. The standard InChI is InChI=1S/C17H31N3O/c1-6-18-16(15-14(21-5)12-19-20(15)4)17(11-13(2)3)9-7-8-10-17/h12-13,16,18H,6-11H2,1-5H3. The Balaban J connectivity index is 2.42. The van der Waals surface area contributed by atoms with E-state index in [9.17, 15) is 0 Å². The number of rotatable bonds is 7. The minimum absolute atomic E-state index is 0.329. The lowest BCUT2D eigenvalue weighted by atomic mass is 9.71.